The maximum absolute atomic E-state index is 12.5. The first-order valence-electron chi connectivity index (χ1n) is 7.54. The number of hydrogen-bond donors (Lipinski definition) is 4. The van der Waals surface area contributed by atoms with Crippen molar-refractivity contribution < 1.29 is 4.79 Å². The molecule has 21 heavy (non-hydrogen) atoms. The van der Waals surface area contributed by atoms with Crippen molar-refractivity contribution in [3.63, 3.8) is 0 Å². The molecule has 4 N–H and O–H groups in total. The van der Waals surface area contributed by atoms with E-state index in [-0.39, 0.29) is 24.0 Å². The van der Waals surface area contributed by atoms with Crippen molar-refractivity contribution in [3.8, 4) is 0 Å². The van der Waals surface area contributed by atoms with Crippen LogP contribution in [0.1, 0.15) is 24.4 Å². The molecule has 2 atom stereocenters. The lowest BCUT2D eigenvalue weighted by Gasteiger charge is -2.30. The molecule has 1 amide bonds. The van der Waals surface area contributed by atoms with Gasteiger partial charge in [-0.05, 0) is 38.5 Å². The molecule has 2 aliphatic heterocycles. The van der Waals surface area contributed by atoms with Crippen molar-refractivity contribution in [2.75, 3.05) is 20.1 Å². The van der Waals surface area contributed by atoms with Crippen LogP contribution in [-0.4, -0.2) is 43.0 Å². The number of carbonyl (C=O) groups is 1. The van der Waals surface area contributed by atoms with Crippen LogP contribution in [-0.2, 0) is 4.79 Å². The van der Waals surface area contributed by atoms with E-state index in [0.29, 0.717) is 0 Å². The molecule has 0 bridgehead atoms. The van der Waals surface area contributed by atoms with E-state index in [0.717, 1.165) is 31.5 Å². The minimum absolute atomic E-state index is 0.0518. The van der Waals surface area contributed by atoms with Gasteiger partial charge in [-0.25, -0.2) is 10.9 Å². The Morgan fingerprint density at radius 3 is 2.62 bits per heavy atom. The molecular weight excluding hydrogens is 266 g/mol. The first kappa shape index (κ1) is 14.5. The number of piperidine rings is 1. The Morgan fingerprint density at radius 1 is 1.19 bits per heavy atom. The molecule has 0 aromatic heterocycles. The first-order chi connectivity index (χ1) is 10.2. The van der Waals surface area contributed by atoms with Gasteiger partial charge >= 0.3 is 0 Å². The minimum atomic E-state index is -0.299. The third-order valence-corrected chi connectivity index (χ3v) is 4.29. The number of benzene rings is 1. The summed E-state index contributed by atoms with van der Waals surface area (Å²) in [6.07, 6.45) is 2.04. The zero-order valence-electron chi connectivity index (χ0n) is 12.3. The van der Waals surface area contributed by atoms with E-state index >= 15 is 0 Å². The third kappa shape index (κ3) is 3.41. The van der Waals surface area contributed by atoms with Crippen LogP contribution in [0.15, 0.2) is 30.3 Å². The van der Waals surface area contributed by atoms with Gasteiger partial charge in [-0.15, -0.1) is 0 Å². The summed E-state index contributed by atoms with van der Waals surface area (Å²) in [5, 5.41) is 3.17. The van der Waals surface area contributed by atoms with Gasteiger partial charge in [0.25, 0.3) is 0 Å². The predicted octanol–water partition coefficient (Wildman–Crippen LogP) is -0.0809. The number of amides is 1. The summed E-state index contributed by atoms with van der Waals surface area (Å²) in [4.78, 5) is 14.8. The largest absolute Gasteiger partial charge is 0.352 e. The van der Waals surface area contributed by atoms with Crippen LogP contribution in [0.2, 0.25) is 0 Å². The molecule has 3 rings (SSSR count). The van der Waals surface area contributed by atoms with Gasteiger partial charge in [-0.3, -0.25) is 4.79 Å². The van der Waals surface area contributed by atoms with Crippen LogP contribution in [0.25, 0.3) is 0 Å². The van der Waals surface area contributed by atoms with Gasteiger partial charge in [0.15, 0.2) is 0 Å². The minimum Gasteiger partial charge on any atom is -0.352 e. The van der Waals surface area contributed by atoms with Gasteiger partial charge < -0.3 is 10.2 Å². The van der Waals surface area contributed by atoms with E-state index in [2.05, 4.69) is 33.7 Å². The molecule has 6 nitrogen and oxygen atoms in total. The third-order valence-electron chi connectivity index (χ3n) is 4.29. The van der Waals surface area contributed by atoms with Gasteiger partial charge in [-0.1, -0.05) is 30.3 Å². The molecule has 2 saturated heterocycles. The molecule has 0 saturated carbocycles. The van der Waals surface area contributed by atoms with Gasteiger partial charge in [0, 0.05) is 6.04 Å². The normalized spacial score (nSPS) is 27.7. The summed E-state index contributed by atoms with van der Waals surface area (Å²) in [6, 6.07) is 9.94. The molecule has 0 radical (unpaired) electrons. The Bertz CT molecular complexity index is 472. The van der Waals surface area contributed by atoms with Crippen LogP contribution in [0.3, 0.4) is 0 Å². The van der Waals surface area contributed by atoms with Gasteiger partial charge in [0.05, 0.1) is 6.04 Å². The SMILES string of the molecule is CN1CCC(NC(=O)C2NNNC2c2ccccc2)CC1. The summed E-state index contributed by atoms with van der Waals surface area (Å²) in [6.45, 7) is 2.09. The highest BCUT2D eigenvalue weighted by atomic mass is 16.2. The monoisotopic (exact) mass is 289 g/mol. The Labute approximate surface area is 125 Å². The second-order valence-corrected chi connectivity index (χ2v) is 5.87. The molecule has 0 aliphatic carbocycles. The maximum Gasteiger partial charge on any atom is 0.240 e. The van der Waals surface area contributed by atoms with Crippen molar-refractivity contribution >= 4 is 5.91 Å². The lowest BCUT2D eigenvalue weighted by Crippen LogP contribution is -2.51. The molecule has 2 aliphatic rings. The zero-order chi connectivity index (χ0) is 14.7. The van der Waals surface area contributed by atoms with E-state index in [9.17, 15) is 4.79 Å². The van der Waals surface area contributed by atoms with Gasteiger partial charge in [0.1, 0.15) is 6.04 Å². The topological polar surface area (TPSA) is 68.4 Å². The van der Waals surface area contributed by atoms with Crippen molar-refractivity contribution in [2.24, 2.45) is 0 Å². The highest BCUT2D eigenvalue weighted by molar-refractivity contribution is 5.83. The van der Waals surface area contributed by atoms with E-state index in [1.807, 2.05) is 30.3 Å². The lowest BCUT2D eigenvalue weighted by molar-refractivity contribution is -0.124. The average molecular weight is 289 g/mol. The summed E-state index contributed by atoms with van der Waals surface area (Å²) >= 11 is 0. The molecule has 2 unspecified atom stereocenters. The smallest absolute Gasteiger partial charge is 0.240 e. The molecule has 2 heterocycles. The number of hydrazine groups is 2. The van der Waals surface area contributed by atoms with Crippen molar-refractivity contribution in [3.05, 3.63) is 35.9 Å². The summed E-state index contributed by atoms with van der Waals surface area (Å²) < 4.78 is 0. The van der Waals surface area contributed by atoms with Crippen LogP contribution in [0.4, 0.5) is 0 Å². The standard InChI is InChI=1S/C15H23N5O/c1-20-9-7-12(8-10-20)16-15(21)14-13(17-19-18-14)11-5-3-2-4-6-11/h2-6,12-14,17-19H,7-10H2,1H3,(H,16,21). The fourth-order valence-corrected chi connectivity index (χ4v) is 2.96. The maximum atomic E-state index is 12.5. The number of hydrogen-bond acceptors (Lipinski definition) is 5. The summed E-state index contributed by atoms with van der Waals surface area (Å²) in [5.74, 6) is 0.0518. The second-order valence-electron chi connectivity index (χ2n) is 5.87. The number of rotatable bonds is 3. The van der Waals surface area contributed by atoms with Crippen molar-refractivity contribution in [2.45, 2.75) is 31.0 Å². The fourth-order valence-electron chi connectivity index (χ4n) is 2.96. The molecule has 0 spiro atoms. The molecule has 2 fully saturated rings. The van der Waals surface area contributed by atoms with Crippen molar-refractivity contribution in [1.29, 1.82) is 0 Å². The quantitative estimate of drug-likeness (QED) is 0.627. The fraction of sp³-hybridized carbons (Fsp3) is 0.533. The van der Waals surface area contributed by atoms with Crippen LogP contribution < -0.4 is 21.7 Å². The average Bonchev–Trinajstić information content (AvgIpc) is 3.00. The van der Waals surface area contributed by atoms with Gasteiger partial charge in [-0.2, -0.15) is 5.53 Å². The molecular formula is C15H23N5O. The number of carbonyl (C=O) groups excluding carboxylic acids is 1. The molecule has 6 heteroatoms. The second kappa shape index (κ2) is 6.53. The highest BCUT2D eigenvalue weighted by Crippen LogP contribution is 2.19. The Hall–Kier alpha value is -1.47. The van der Waals surface area contributed by atoms with E-state index in [1.165, 1.54) is 0 Å². The zero-order valence-corrected chi connectivity index (χ0v) is 12.3. The number of nitrogens with zero attached hydrogens (tertiary/aromatic N) is 1. The first-order valence-corrected chi connectivity index (χ1v) is 7.54. The van der Waals surface area contributed by atoms with Gasteiger partial charge in [0.2, 0.25) is 5.91 Å². The van der Waals surface area contributed by atoms with Crippen LogP contribution in [0, 0.1) is 0 Å². The molecule has 1 aromatic carbocycles. The molecule has 114 valence electrons. The Morgan fingerprint density at radius 2 is 1.90 bits per heavy atom. The van der Waals surface area contributed by atoms with Crippen LogP contribution >= 0.6 is 0 Å². The number of likely N-dealkylation sites (tertiary alicyclic amines) is 1. The summed E-state index contributed by atoms with van der Waals surface area (Å²) in [7, 11) is 2.12. The van der Waals surface area contributed by atoms with E-state index < -0.39 is 0 Å². The number of nitrogens with one attached hydrogen (secondary N) is 4. The Kier molecular flexibility index (Phi) is 4.50. The van der Waals surface area contributed by atoms with Crippen LogP contribution in [0.5, 0.6) is 0 Å². The Balaban J connectivity index is 1.61. The van der Waals surface area contributed by atoms with E-state index in [4.69, 9.17) is 0 Å². The molecule has 1 aromatic rings. The van der Waals surface area contributed by atoms with Crippen molar-refractivity contribution in [1.82, 2.24) is 26.6 Å². The lowest BCUT2D eigenvalue weighted by atomic mass is 9.99. The summed E-state index contributed by atoms with van der Waals surface area (Å²) in [5.41, 5.74) is 10.1. The van der Waals surface area contributed by atoms with E-state index in [1.54, 1.807) is 0 Å². The highest BCUT2D eigenvalue weighted by Gasteiger charge is 2.34. The predicted molar refractivity (Wildman–Crippen MR) is 81.0 cm³/mol.